The number of likely N-dealkylation sites (N-methyl/N-ethyl adjacent to an activating group) is 1. The Kier molecular flexibility index (Phi) is 9.06. The topological polar surface area (TPSA) is 95.3 Å². The summed E-state index contributed by atoms with van der Waals surface area (Å²) in [5, 5.41) is 10.9. The second-order valence-corrected chi connectivity index (χ2v) is 9.31. The van der Waals surface area contributed by atoms with Crippen molar-refractivity contribution in [1.29, 1.82) is 0 Å². The first kappa shape index (κ1) is 27.9. The molecule has 39 heavy (non-hydrogen) atoms. The number of aliphatic hydroxyl groups is 1. The van der Waals surface area contributed by atoms with Gasteiger partial charge in [0.15, 0.2) is 17.8 Å². The smallest absolute Gasteiger partial charge is 0.261 e. The maximum atomic E-state index is 12.9. The number of hydrogen-bond donors (Lipinski definition) is 1. The Bertz CT molecular complexity index is 1470. The summed E-state index contributed by atoms with van der Waals surface area (Å²) in [5.74, 6) is 3.11. The van der Waals surface area contributed by atoms with E-state index in [9.17, 15) is 9.90 Å². The lowest BCUT2D eigenvalue weighted by Gasteiger charge is -2.20. The van der Waals surface area contributed by atoms with E-state index in [2.05, 4.69) is 9.88 Å². The van der Waals surface area contributed by atoms with E-state index in [-0.39, 0.29) is 5.56 Å². The molecule has 0 aliphatic carbocycles. The van der Waals surface area contributed by atoms with E-state index in [1.165, 1.54) is 4.57 Å². The maximum Gasteiger partial charge on any atom is 0.261 e. The van der Waals surface area contributed by atoms with E-state index >= 15 is 0 Å². The molecule has 1 heterocycles. The molecule has 0 bridgehead atoms. The fourth-order valence-electron chi connectivity index (χ4n) is 4.33. The van der Waals surface area contributed by atoms with Crippen LogP contribution in [-0.4, -0.2) is 67.3 Å². The van der Waals surface area contributed by atoms with Crippen molar-refractivity contribution < 1.29 is 24.1 Å². The Hall–Kier alpha value is -4.08. The van der Waals surface area contributed by atoms with Crippen LogP contribution in [0, 0.1) is 0 Å². The van der Waals surface area contributed by atoms with E-state index in [4.69, 9.17) is 18.9 Å². The lowest BCUT2D eigenvalue weighted by Crippen LogP contribution is -2.27. The maximum absolute atomic E-state index is 12.9. The molecule has 0 saturated carbocycles. The van der Waals surface area contributed by atoms with Crippen LogP contribution in [0.15, 0.2) is 65.5 Å². The molecule has 1 atom stereocenters. The summed E-state index contributed by atoms with van der Waals surface area (Å²) in [4.78, 5) is 19.7. The monoisotopic (exact) mass is 533 g/mol. The third kappa shape index (κ3) is 6.68. The van der Waals surface area contributed by atoms with E-state index in [1.54, 1.807) is 58.7 Å². The highest BCUT2D eigenvalue weighted by atomic mass is 16.6. The van der Waals surface area contributed by atoms with Gasteiger partial charge in [-0.05, 0) is 73.6 Å². The summed E-state index contributed by atoms with van der Waals surface area (Å²) >= 11 is 0. The first-order chi connectivity index (χ1) is 18.8. The summed E-state index contributed by atoms with van der Waals surface area (Å²) in [6.07, 6.45) is 0.347. The van der Waals surface area contributed by atoms with Gasteiger partial charge in [0.2, 0.25) is 0 Å². The molecule has 0 amide bonds. The van der Waals surface area contributed by atoms with Crippen molar-refractivity contribution in [2.24, 2.45) is 7.05 Å². The summed E-state index contributed by atoms with van der Waals surface area (Å²) in [6, 6.07) is 18.4. The number of aliphatic hydroxyl groups excluding tert-OH is 1. The van der Waals surface area contributed by atoms with Crippen LogP contribution in [0.25, 0.3) is 22.3 Å². The van der Waals surface area contributed by atoms with Crippen LogP contribution in [0.2, 0.25) is 0 Å². The lowest BCUT2D eigenvalue weighted by atomic mass is 10.1. The molecule has 0 spiro atoms. The van der Waals surface area contributed by atoms with Gasteiger partial charge < -0.3 is 29.0 Å². The molecular weight excluding hydrogens is 498 g/mol. The van der Waals surface area contributed by atoms with Crippen LogP contribution < -0.4 is 24.5 Å². The molecular formula is C30H35N3O6. The van der Waals surface area contributed by atoms with Crippen molar-refractivity contribution in [3.05, 3.63) is 76.6 Å². The molecule has 1 unspecified atom stereocenters. The van der Waals surface area contributed by atoms with Crippen molar-refractivity contribution in [1.82, 2.24) is 14.5 Å². The highest BCUT2D eigenvalue weighted by molar-refractivity contribution is 5.81. The standard InChI is InChI=1S/C30H35N3O6/c1-32(16-14-20-6-13-26(37-4)27(18-20)38-5)17-15-28(34)39-22-9-7-21(8-10-22)29-31-25-12-11-23(36-3)19-24(25)30(35)33(29)2/h6-13,18-19,28,34H,14-17H2,1-5H3. The molecule has 0 radical (unpaired) electrons. The minimum Gasteiger partial charge on any atom is -0.497 e. The number of rotatable bonds is 12. The second kappa shape index (κ2) is 12.6. The first-order valence-corrected chi connectivity index (χ1v) is 12.7. The normalized spacial score (nSPS) is 12.0. The predicted molar refractivity (Wildman–Crippen MR) is 151 cm³/mol. The van der Waals surface area contributed by atoms with Crippen LogP contribution in [0.3, 0.4) is 0 Å². The molecule has 0 saturated heterocycles. The zero-order valence-electron chi connectivity index (χ0n) is 23.0. The van der Waals surface area contributed by atoms with Gasteiger partial charge in [-0.25, -0.2) is 4.98 Å². The zero-order chi connectivity index (χ0) is 27.9. The van der Waals surface area contributed by atoms with Crippen molar-refractivity contribution in [3.63, 3.8) is 0 Å². The SMILES string of the molecule is COc1ccc2nc(-c3ccc(OC(O)CCN(C)CCc4ccc(OC)c(OC)c4)cc3)n(C)c(=O)c2c1. The number of methoxy groups -OCH3 is 3. The van der Waals surface area contributed by atoms with E-state index < -0.39 is 6.29 Å². The molecule has 206 valence electrons. The van der Waals surface area contributed by atoms with Gasteiger partial charge in [0, 0.05) is 32.1 Å². The fourth-order valence-corrected chi connectivity index (χ4v) is 4.33. The van der Waals surface area contributed by atoms with Crippen LogP contribution in [0.5, 0.6) is 23.0 Å². The summed E-state index contributed by atoms with van der Waals surface area (Å²) in [7, 11) is 8.52. The van der Waals surface area contributed by atoms with Gasteiger partial charge in [-0.1, -0.05) is 6.07 Å². The Balaban J connectivity index is 1.32. The van der Waals surface area contributed by atoms with E-state index in [0.717, 1.165) is 24.1 Å². The number of aromatic nitrogens is 2. The van der Waals surface area contributed by atoms with Gasteiger partial charge in [0.1, 0.15) is 17.3 Å². The minimum absolute atomic E-state index is 0.153. The highest BCUT2D eigenvalue weighted by Crippen LogP contribution is 2.28. The number of ether oxygens (including phenoxy) is 4. The molecule has 0 fully saturated rings. The molecule has 0 aliphatic heterocycles. The van der Waals surface area contributed by atoms with E-state index in [0.29, 0.717) is 52.7 Å². The largest absolute Gasteiger partial charge is 0.497 e. The Labute approximate surface area is 228 Å². The summed E-state index contributed by atoms with van der Waals surface area (Å²) < 4.78 is 23.1. The lowest BCUT2D eigenvalue weighted by molar-refractivity contribution is -0.0276. The molecule has 4 aromatic rings. The van der Waals surface area contributed by atoms with Gasteiger partial charge in [-0.2, -0.15) is 0 Å². The Morgan fingerprint density at radius 2 is 1.62 bits per heavy atom. The highest BCUT2D eigenvalue weighted by Gasteiger charge is 2.13. The zero-order valence-corrected chi connectivity index (χ0v) is 23.0. The van der Waals surface area contributed by atoms with Crippen molar-refractivity contribution in [2.75, 3.05) is 41.5 Å². The average Bonchev–Trinajstić information content (AvgIpc) is 2.96. The van der Waals surface area contributed by atoms with Gasteiger partial charge in [-0.15, -0.1) is 0 Å². The minimum atomic E-state index is -0.947. The number of hydrogen-bond acceptors (Lipinski definition) is 8. The molecule has 3 aromatic carbocycles. The first-order valence-electron chi connectivity index (χ1n) is 12.7. The number of benzene rings is 3. The Morgan fingerprint density at radius 1 is 0.897 bits per heavy atom. The van der Waals surface area contributed by atoms with Gasteiger partial charge >= 0.3 is 0 Å². The third-order valence-corrected chi connectivity index (χ3v) is 6.66. The van der Waals surface area contributed by atoms with Crippen LogP contribution in [0.4, 0.5) is 0 Å². The molecule has 1 aromatic heterocycles. The predicted octanol–water partition coefficient (Wildman–Crippen LogP) is 3.89. The summed E-state index contributed by atoms with van der Waals surface area (Å²) in [6.45, 7) is 1.49. The summed E-state index contributed by atoms with van der Waals surface area (Å²) in [5.41, 5.74) is 2.36. The second-order valence-electron chi connectivity index (χ2n) is 9.31. The van der Waals surface area contributed by atoms with Crippen molar-refractivity contribution in [2.45, 2.75) is 19.1 Å². The number of nitrogens with zero attached hydrogens (tertiary/aromatic N) is 3. The average molecular weight is 534 g/mol. The van der Waals surface area contributed by atoms with Gasteiger partial charge in [-0.3, -0.25) is 9.36 Å². The number of fused-ring (bicyclic) bond motifs is 1. The van der Waals surface area contributed by atoms with Crippen LogP contribution >= 0.6 is 0 Å². The van der Waals surface area contributed by atoms with Crippen molar-refractivity contribution >= 4 is 10.9 Å². The quantitative estimate of drug-likeness (QED) is 0.274. The molecule has 4 rings (SSSR count). The van der Waals surface area contributed by atoms with Crippen LogP contribution in [-0.2, 0) is 13.5 Å². The van der Waals surface area contributed by atoms with Gasteiger partial charge in [0.25, 0.3) is 5.56 Å². The van der Waals surface area contributed by atoms with Crippen LogP contribution in [0.1, 0.15) is 12.0 Å². The molecule has 9 heteroatoms. The molecule has 9 nitrogen and oxygen atoms in total. The van der Waals surface area contributed by atoms with Crippen molar-refractivity contribution in [3.8, 4) is 34.4 Å². The Morgan fingerprint density at radius 3 is 2.31 bits per heavy atom. The molecule has 0 aliphatic rings. The van der Waals surface area contributed by atoms with Gasteiger partial charge in [0.05, 0.1) is 32.2 Å². The fraction of sp³-hybridized carbons (Fsp3) is 0.333. The third-order valence-electron chi connectivity index (χ3n) is 6.66. The van der Waals surface area contributed by atoms with E-state index in [1.807, 2.05) is 37.4 Å². The molecule has 1 N–H and O–H groups in total.